The third-order valence-corrected chi connectivity index (χ3v) is 23.5. The SMILES string of the molecule is CC1(C)OB(c2ccc3c4ccc5ccccc5c4c4nc5ccccc5n4c3c2)OC1(C)C.CC1(C)c2ccccc2-c2ccc(-c3ccc(-c4ccc5c6ccc7ccccc7c6c6nc7ccccc7n6c5c4)cc3)cc21.CC1(C)c2ccccc2-c2ccc(-c3ccc(Br)cc3)cc21. The lowest BCUT2D eigenvalue weighted by Crippen LogP contribution is -2.41. The van der Waals surface area contributed by atoms with Gasteiger partial charge in [-0.2, -0.15) is 0 Å². The number of fused-ring (bicyclic) bond motifs is 26. The molecular weight excluding hydrogens is 1310 g/mol. The predicted molar refractivity (Wildman–Crippen MR) is 432 cm³/mol. The molecule has 1 aliphatic heterocycles. The molecule has 0 atom stereocenters. The van der Waals surface area contributed by atoms with Gasteiger partial charge >= 0.3 is 7.12 Å². The molecule has 18 aromatic rings. The van der Waals surface area contributed by atoms with Crippen molar-refractivity contribution in [2.45, 2.75) is 77.4 Å². The number of imidazole rings is 2. The van der Waals surface area contributed by atoms with Crippen LogP contribution in [0.15, 0.2) is 296 Å². The fraction of sp³-hybridized carbons (Fsp3) is 0.128. The highest BCUT2D eigenvalue weighted by atomic mass is 79.9. The maximum Gasteiger partial charge on any atom is 0.494 e. The quantitative estimate of drug-likeness (QED) is 0.130. The lowest BCUT2D eigenvalue weighted by atomic mass is 9.78. The minimum Gasteiger partial charge on any atom is -0.399 e. The Balaban J connectivity index is 0.000000113. The van der Waals surface area contributed by atoms with Crippen LogP contribution in [0.4, 0.5) is 0 Å². The Hall–Kier alpha value is -11.0. The molecule has 102 heavy (non-hydrogen) atoms. The largest absolute Gasteiger partial charge is 0.494 e. The lowest BCUT2D eigenvalue weighted by Gasteiger charge is -2.32. The molecule has 21 rings (SSSR count). The Bertz CT molecular complexity index is 6520. The first-order valence-corrected chi connectivity index (χ1v) is 36.3. The lowest BCUT2D eigenvalue weighted by molar-refractivity contribution is 0.00578. The molecule has 8 heteroatoms. The fourth-order valence-corrected chi connectivity index (χ4v) is 17.1. The van der Waals surface area contributed by atoms with Gasteiger partial charge in [0.1, 0.15) is 11.3 Å². The van der Waals surface area contributed by atoms with E-state index in [1.165, 1.54) is 137 Å². The van der Waals surface area contributed by atoms with Gasteiger partial charge in [-0.15, -0.1) is 0 Å². The normalized spacial score (nSPS) is 15.1. The minimum atomic E-state index is -0.411. The van der Waals surface area contributed by atoms with Gasteiger partial charge in [0.05, 0.1) is 44.3 Å². The molecule has 0 amide bonds. The van der Waals surface area contributed by atoms with Crippen molar-refractivity contribution in [1.29, 1.82) is 0 Å². The molecule has 4 aromatic heterocycles. The van der Waals surface area contributed by atoms with Crippen LogP contribution in [-0.4, -0.2) is 37.1 Å². The molecule has 0 spiro atoms. The summed E-state index contributed by atoms with van der Waals surface area (Å²) in [5, 5.41) is 12.2. The Kier molecular flexibility index (Phi) is 14.0. The van der Waals surface area contributed by atoms with E-state index in [1.54, 1.807) is 0 Å². The van der Waals surface area contributed by atoms with Crippen LogP contribution >= 0.6 is 15.9 Å². The summed E-state index contributed by atoms with van der Waals surface area (Å²) in [5.41, 5.74) is 27.4. The van der Waals surface area contributed by atoms with E-state index in [4.69, 9.17) is 19.3 Å². The number of rotatable bonds is 4. The molecule has 0 unspecified atom stereocenters. The van der Waals surface area contributed by atoms with Gasteiger partial charge in [-0.25, -0.2) is 9.97 Å². The van der Waals surface area contributed by atoms with Gasteiger partial charge in [0.25, 0.3) is 0 Å². The third-order valence-electron chi connectivity index (χ3n) is 22.9. The van der Waals surface area contributed by atoms with E-state index in [1.807, 2.05) is 6.07 Å². The van der Waals surface area contributed by atoms with E-state index < -0.39 is 7.12 Å². The van der Waals surface area contributed by atoms with Crippen molar-refractivity contribution < 1.29 is 9.31 Å². The zero-order valence-electron chi connectivity index (χ0n) is 58.3. The van der Waals surface area contributed by atoms with E-state index in [-0.39, 0.29) is 22.0 Å². The second kappa shape index (κ2) is 23.0. The number of nitrogens with zero attached hydrogens (tertiary/aromatic N) is 4. The number of hydrogen-bond donors (Lipinski definition) is 0. The number of para-hydroxylation sites is 4. The van der Waals surface area contributed by atoms with Crippen molar-refractivity contribution in [3.63, 3.8) is 0 Å². The average Bonchev–Trinajstić information content (AvgIpc) is 1.44. The standard InChI is InChI=1S/C44H30N2.C29H25BN2O2.C21H17Br/c1-44(2)37-12-6-5-11-33(37)34-22-20-30(25-38(34)44)27-15-17-28(18-16-27)31-21-23-35-36-24-19-29-9-3-4-10-32(29)42(36)43-45-39-13-7-8-14-40(39)46(43)41(35)26-31;1-28(2)29(3,4)34-30(33-28)19-14-16-21-22-15-13-18-9-5-6-10-20(18)26(22)27-31-23-11-7-8-12-24(23)32(27)25(21)17-19;1-21(2)19-6-4-3-5-17(19)18-12-9-15(13-20(18)21)14-7-10-16(22)11-8-14/h3-26H,1-2H3;5-17H,1-4H3;3-13H,1-2H3. The molecule has 14 aromatic carbocycles. The van der Waals surface area contributed by atoms with Gasteiger partial charge in [0, 0.05) is 36.8 Å². The first kappa shape index (κ1) is 62.0. The highest BCUT2D eigenvalue weighted by molar-refractivity contribution is 9.10. The molecule has 490 valence electrons. The number of aromatic nitrogens is 4. The summed E-state index contributed by atoms with van der Waals surface area (Å²) in [7, 11) is -0.411. The Morgan fingerprint density at radius 1 is 0.304 bits per heavy atom. The Labute approximate surface area is 601 Å². The fourth-order valence-electron chi connectivity index (χ4n) is 16.8. The summed E-state index contributed by atoms with van der Waals surface area (Å²) in [6.45, 7) is 17.7. The Morgan fingerprint density at radius 3 is 1.18 bits per heavy atom. The summed E-state index contributed by atoms with van der Waals surface area (Å²) < 4.78 is 18.5. The van der Waals surface area contributed by atoms with Crippen molar-refractivity contribution in [1.82, 2.24) is 18.8 Å². The topological polar surface area (TPSA) is 53.1 Å². The highest BCUT2D eigenvalue weighted by Crippen LogP contribution is 2.52. The molecule has 1 fully saturated rings. The van der Waals surface area contributed by atoms with Crippen LogP contribution < -0.4 is 5.46 Å². The summed E-state index contributed by atoms with van der Waals surface area (Å²) in [6, 6.07) is 106. The highest BCUT2D eigenvalue weighted by Gasteiger charge is 2.52. The van der Waals surface area contributed by atoms with Gasteiger partial charge in [-0.1, -0.05) is 274 Å². The van der Waals surface area contributed by atoms with Crippen molar-refractivity contribution in [2.75, 3.05) is 0 Å². The predicted octanol–water partition coefficient (Wildman–Crippen LogP) is 24.3. The number of benzene rings is 14. The third kappa shape index (κ3) is 9.60. The minimum absolute atomic E-state index is 0.00768. The molecule has 3 aliphatic rings. The van der Waals surface area contributed by atoms with E-state index in [0.717, 1.165) is 48.8 Å². The van der Waals surface area contributed by atoms with Gasteiger partial charge in [-0.05, 0) is 204 Å². The van der Waals surface area contributed by atoms with Crippen LogP contribution in [-0.2, 0) is 20.1 Å². The zero-order chi connectivity index (χ0) is 69.1. The monoisotopic (exact) mass is 1380 g/mol. The average molecular weight is 1380 g/mol. The molecular formula is C94H72BBrN4O2. The smallest absolute Gasteiger partial charge is 0.399 e. The van der Waals surface area contributed by atoms with Crippen LogP contribution in [0.5, 0.6) is 0 Å². The molecule has 6 nitrogen and oxygen atoms in total. The van der Waals surface area contributed by atoms with Gasteiger partial charge < -0.3 is 9.31 Å². The summed E-state index contributed by atoms with van der Waals surface area (Å²) in [6.07, 6.45) is 0. The molecule has 0 saturated carbocycles. The van der Waals surface area contributed by atoms with Crippen molar-refractivity contribution in [2.24, 2.45) is 0 Å². The molecule has 0 radical (unpaired) electrons. The second-order valence-electron chi connectivity index (χ2n) is 30.0. The molecule has 5 heterocycles. The van der Waals surface area contributed by atoms with Gasteiger partial charge in [-0.3, -0.25) is 8.80 Å². The maximum absolute atomic E-state index is 6.38. The van der Waals surface area contributed by atoms with Crippen molar-refractivity contribution in [3.05, 3.63) is 318 Å². The van der Waals surface area contributed by atoms with Crippen LogP contribution in [0.25, 0.3) is 154 Å². The zero-order valence-corrected chi connectivity index (χ0v) is 59.9. The first-order valence-electron chi connectivity index (χ1n) is 35.5. The van der Waals surface area contributed by atoms with E-state index in [9.17, 15) is 0 Å². The van der Waals surface area contributed by atoms with E-state index in [0.29, 0.717) is 0 Å². The van der Waals surface area contributed by atoms with Crippen LogP contribution in [0, 0.1) is 0 Å². The molecule has 2 aliphatic carbocycles. The molecule has 0 N–H and O–H groups in total. The number of hydrogen-bond acceptors (Lipinski definition) is 4. The van der Waals surface area contributed by atoms with Crippen LogP contribution in [0.1, 0.15) is 77.6 Å². The second-order valence-corrected chi connectivity index (χ2v) is 30.9. The van der Waals surface area contributed by atoms with Gasteiger partial charge in [0.15, 0.2) is 0 Å². The van der Waals surface area contributed by atoms with Crippen molar-refractivity contribution in [3.8, 4) is 55.6 Å². The van der Waals surface area contributed by atoms with Crippen LogP contribution in [0.2, 0.25) is 0 Å². The van der Waals surface area contributed by atoms with E-state index in [2.05, 4.69) is 365 Å². The van der Waals surface area contributed by atoms with E-state index >= 15 is 0 Å². The Morgan fingerprint density at radius 2 is 0.676 bits per heavy atom. The number of pyridine rings is 2. The summed E-state index contributed by atoms with van der Waals surface area (Å²) >= 11 is 3.51. The maximum atomic E-state index is 6.38. The molecule has 1 saturated heterocycles. The number of halogens is 1. The summed E-state index contributed by atoms with van der Waals surface area (Å²) in [5.74, 6) is 0. The summed E-state index contributed by atoms with van der Waals surface area (Å²) in [4.78, 5) is 10.3. The van der Waals surface area contributed by atoms with Crippen LogP contribution in [0.3, 0.4) is 0 Å². The first-order chi connectivity index (χ1) is 49.5. The molecule has 0 bridgehead atoms. The van der Waals surface area contributed by atoms with Gasteiger partial charge in [0.2, 0.25) is 0 Å². The van der Waals surface area contributed by atoms with Crippen molar-refractivity contribution >= 4 is 127 Å².